The van der Waals surface area contributed by atoms with Crippen molar-refractivity contribution in [3.05, 3.63) is 54.9 Å². The van der Waals surface area contributed by atoms with Crippen LogP contribution in [0.1, 0.15) is 0 Å². The Bertz CT molecular complexity index is 1120. The molecule has 1 aliphatic rings. The highest BCUT2D eigenvalue weighted by Crippen LogP contribution is 2.33. The zero-order valence-corrected chi connectivity index (χ0v) is 17.2. The highest BCUT2D eigenvalue weighted by Gasteiger charge is 2.30. The van der Waals surface area contributed by atoms with Gasteiger partial charge in [0.05, 0.1) is 24.8 Å². The third-order valence-electron chi connectivity index (χ3n) is 5.22. The average molecular weight is 413 g/mol. The molecule has 2 heterocycles. The molecule has 0 aliphatic carbocycles. The van der Waals surface area contributed by atoms with Gasteiger partial charge in [-0.25, -0.2) is 8.42 Å². The molecular formula is C21H23N3O4S. The van der Waals surface area contributed by atoms with E-state index in [-0.39, 0.29) is 0 Å². The average Bonchev–Trinajstić information content (AvgIpc) is 2.78. The molecule has 0 atom stereocenters. The van der Waals surface area contributed by atoms with Crippen molar-refractivity contribution in [1.82, 2.24) is 9.29 Å². The molecule has 0 amide bonds. The number of benzene rings is 2. The third kappa shape index (κ3) is 3.61. The predicted molar refractivity (Wildman–Crippen MR) is 112 cm³/mol. The molecule has 8 heteroatoms. The van der Waals surface area contributed by atoms with Gasteiger partial charge in [0, 0.05) is 55.4 Å². The SMILES string of the molecule is COc1ccc(N2CCN(S(=O)(=O)c3cccc4cnccc34)CC2)c(OC)c1. The maximum Gasteiger partial charge on any atom is 0.243 e. The molecule has 0 bridgehead atoms. The fraction of sp³-hybridized carbons (Fsp3) is 0.286. The van der Waals surface area contributed by atoms with Gasteiger partial charge in [0.15, 0.2) is 0 Å². The second-order valence-electron chi connectivity index (χ2n) is 6.78. The van der Waals surface area contributed by atoms with Crippen LogP contribution in [0.3, 0.4) is 0 Å². The summed E-state index contributed by atoms with van der Waals surface area (Å²) in [7, 11) is -0.361. The first-order chi connectivity index (χ1) is 14.0. The molecule has 3 aromatic rings. The van der Waals surface area contributed by atoms with Crippen LogP contribution in [0.25, 0.3) is 10.8 Å². The summed E-state index contributed by atoms with van der Waals surface area (Å²) in [5.41, 5.74) is 0.932. The topological polar surface area (TPSA) is 72.0 Å². The van der Waals surface area contributed by atoms with Gasteiger partial charge in [-0.2, -0.15) is 4.31 Å². The minimum Gasteiger partial charge on any atom is -0.497 e. The van der Waals surface area contributed by atoms with Gasteiger partial charge < -0.3 is 14.4 Å². The van der Waals surface area contributed by atoms with Crippen molar-refractivity contribution in [2.75, 3.05) is 45.3 Å². The van der Waals surface area contributed by atoms with E-state index < -0.39 is 10.0 Å². The van der Waals surface area contributed by atoms with E-state index in [1.807, 2.05) is 24.3 Å². The Morgan fingerprint density at radius 2 is 1.76 bits per heavy atom. The lowest BCUT2D eigenvalue weighted by atomic mass is 10.2. The number of anilines is 1. The van der Waals surface area contributed by atoms with Gasteiger partial charge in [-0.1, -0.05) is 12.1 Å². The van der Waals surface area contributed by atoms with Gasteiger partial charge in [-0.05, 0) is 24.3 Å². The van der Waals surface area contributed by atoms with E-state index in [0.717, 1.165) is 16.8 Å². The molecule has 1 fully saturated rings. The fourth-order valence-corrected chi connectivity index (χ4v) is 5.31. The molecule has 29 heavy (non-hydrogen) atoms. The number of methoxy groups -OCH3 is 2. The van der Waals surface area contributed by atoms with Crippen molar-refractivity contribution >= 4 is 26.5 Å². The molecular weight excluding hydrogens is 390 g/mol. The number of hydrogen-bond acceptors (Lipinski definition) is 6. The largest absolute Gasteiger partial charge is 0.497 e. The minimum atomic E-state index is -3.59. The van der Waals surface area contributed by atoms with Crippen molar-refractivity contribution < 1.29 is 17.9 Å². The Kier molecular flexibility index (Phi) is 5.29. The van der Waals surface area contributed by atoms with Crippen LogP contribution in [-0.2, 0) is 10.0 Å². The first-order valence-corrected chi connectivity index (χ1v) is 10.8. The van der Waals surface area contributed by atoms with Crippen LogP contribution in [0.5, 0.6) is 11.5 Å². The summed E-state index contributed by atoms with van der Waals surface area (Å²) in [4.78, 5) is 6.55. The van der Waals surface area contributed by atoms with Gasteiger partial charge >= 0.3 is 0 Å². The minimum absolute atomic E-state index is 0.327. The van der Waals surface area contributed by atoms with E-state index in [2.05, 4.69) is 9.88 Å². The summed E-state index contributed by atoms with van der Waals surface area (Å²) >= 11 is 0. The van der Waals surface area contributed by atoms with E-state index in [1.165, 1.54) is 0 Å². The maximum atomic E-state index is 13.3. The van der Waals surface area contributed by atoms with E-state index in [9.17, 15) is 8.42 Å². The van der Waals surface area contributed by atoms with Gasteiger partial charge in [-0.15, -0.1) is 0 Å². The molecule has 0 radical (unpaired) electrons. The van der Waals surface area contributed by atoms with Crippen LogP contribution < -0.4 is 14.4 Å². The number of nitrogens with zero attached hydrogens (tertiary/aromatic N) is 3. The van der Waals surface area contributed by atoms with E-state index in [4.69, 9.17) is 9.47 Å². The second kappa shape index (κ2) is 7.88. The number of hydrogen-bond donors (Lipinski definition) is 0. The molecule has 152 valence electrons. The van der Waals surface area contributed by atoms with Crippen LogP contribution in [0.4, 0.5) is 5.69 Å². The number of pyridine rings is 1. The van der Waals surface area contributed by atoms with Gasteiger partial charge in [0.25, 0.3) is 0 Å². The Morgan fingerprint density at radius 1 is 0.966 bits per heavy atom. The normalized spacial score (nSPS) is 15.4. The lowest BCUT2D eigenvalue weighted by Gasteiger charge is -2.36. The molecule has 7 nitrogen and oxygen atoms in total. The zero-order chi connectivity index (χ0) is 20.4. The number of sulfonamides is 1. The highest BCUT2D eigenvalue weighted by molar-refractivity contribution is 7.89. The fourth-order valence-electron chi connectivity index (χ4n) is 3.67. The Morgan fingerprint density at radius 3 is 2.48 bits per heavy atom. The zero-order valence-electron chi connectivity index (χ0n) is 16.4. The first-order valence-electron chi connectivity index (χ1n) is 9.34. The van der Waals surface area contributed by atoms with Crippen molar-refractivity contribution in [3.63, 3.8) is 0 Å². The standard InChI is InChI=1S/C21H23N3O4S/c1-27-17-6-7-19(20(14-17)28-2)23-10-12-24(13-11-23)29(25,26)21-5-3-4-16-15-22-9-8-18(16)21/h3-9,14-15H,10-13H2,1-2H3. The summed E-state index contributed by atoms with van der Waals surface area (Å²) in [5, 5.41) is 1.51. The summed E-state index contributed by atoms with van der Waals surface area (Å²) in [6.07, 6.45) is 3.30. The third-order valence-corrected chi connectivity index (χ3v) is 7.18. The summed E-state index contributed by atoms with van der Waals surface area (Å²) < 4.78 is 38.9. The quantitative estimate of drug-likeness (QED) is 0.641. The predicted octanol–water partition coefficient (Wildman–Crippen LogP) is 2.76. The molecule has 2 aromatic carbocycles. The molecule has 1 aromatic heterocycles. The van der Waals surface area contributed by atoms with Crippen molar-refractivity contribution in [3.8, 4) is 11.5 Å². The molecule has 1 saturated heterocycles. The van der Waals surface area contributed by atoms with Crippen LogP contribution in [0.2, 0.25) is 0 Å². The summed E-state index contributed by atoms with van der Waals surface area (Å²) in [5.74, 6) is 1.43. The molecule has 1 aliphatic heterocycles. The second-order valence-corrected chi connectivity index (χ2v) is 8.69. The number of ether oxygens (including phenoxy) is 2. The number of rotatable bonds is 5. The Balaban J connectivity index is 1.56. The Hall–Kier alpha value is -2.84. The van der Waals surface area contributed by atoms with Crippen molar-refractivity contribution in [2.45, 2.75) is 4.90 Å². The van der Waals surface area contributed by atoms with Crippen molar-refractivity contribution in [1.29, 1.82) is 0 Å². The number of aromatic nitrogens is 1. The lowest BCUT2D eigenvalue weighted by Crippen LogP contribution is -2.48. The molecule has 4 rings (SSSR count). The number of fused-ring (bicyclic) bond motifs is 1. The van der Waals surface area contributed by atoms with Crippen LogP contribution in [0.15, 0.2) is 59.8 Å². The maximum absolute atomic E-state index is 13.3. The molecule has 0 saturated carbocycles. The highest BCUT2D eigenvalue weighted by atomic mass is 32.2. The lowest BCUT2D eigenvalue weighted by molar-refractivity contribution is 0.375. The van der Waals surface area contributed by atoms with Gasteiger partial charge in [0.1, 0.15) is 11.5 Å². The smallest absolute Gasteiger partial charge is 0.243 e. The molecule has 0 N–H and O–H groups in total. The van der Waals surface area contributed by atoms with Crippen LogP contribution >= 0.6 is 0 Å². The molecule has 0 unspecified atom stereocenters. The van der Waals surface area contributed by atoms with Crippen LogP contribution in [0, 0.1) is 0 Å². The first kappa shape index (κ1) is 19.5. The van der Waals surface area contributed by atoms with E-state index >= 15 is 0 Å². The molecule has 0 spiro atoms. The Labute approximate surface area is 170 Å². The van der Waals surface area contributed by atoms with Crippen molar-refractivity contribution in [2.24, 2.45) is 0 Å². The summed E-state index contributed by atoms with van der Waals surface area (Å²) in [6.45, 7) is 1.96. The van der Waals surface area contributed by atoms with Gasteiger partial charge in [-0.3, -0.25) is 4.98 Å². The summed E-state index contributed by atoms with van der Waals surface area (Å²) in [6, 6.07) is 12.7. The van der Waals surface area contributed by atoms with Crippen LogP contribution in [-0.4, -0.2) is 58.1 Å². The number of piperazine rings is 1. The van der Waals surface area contributed by atoms with E-state index in [0.29, 0.717) is 42.2 Å². The monoisotopic (exact) mass is 413 g/mol. The van der Waals surface area contributed by atoms with E-state index in [1.54, 1.807) is 49.1 Å². The van der Waals surface area contributed by atoms with Gasteiger partial charge in [0.2, 0.25) is 10.0 Å².